The molecule has 0 spiro atoms. The SMILES string of the molecule is N=C(N)NCCCC(C(=O)O)N(CCN(CP(=O)(O)O)CP(=O)(O)O)C(C(=O)O)C(O)C(=O)O. The minimum atomic E-state index is -4.87. The van der Waals surface area contributed by atoms with E-state index in [1.807, 2.05) is 0 Å². The van der Waals surface area contributed by atoms with Crippen molar-refractivity contribution in [3.8, 4) is 0 Å². The monoisotopic (exact) mass is 537 g/mol. The Bertz CT molecular complexity index is 807. The number of guanidine groups is 1. The number of nitrogens with two attached hydrogens (primary N) is 1. The van der Waals surface area contributed by atoms with E-state index in [2.05, 4.69) is 5.32 Å². The number of carbonyl (C=O) groups is 3. The Morgan fingerprint density at radius 1 is 0.912 bits per heavy atom. The third-order valence-corrected chi connectivity index (χ3v) is 5.80. The van der Waals surface area contributed by atoms with Crippen LogP contribution in [-0.4, -0.2) is 124 Å². The molecule has 0 aromatic carbocycles. The average Bonchev–Trinajstić information content (AvgIpc) is 2.61. The highest BCUT2D eigenvalue weighted by Crippen LogP contribution is 2.40. The molecule has 0 amide bonds. The quantitative estimate of drug-likeness (QED) is 0.0370. The second kappa shape index (κ2) is 13.7. The maximum atomic E-state index is 11.9. The maximum absolute atomic E-state index is 11.9. The molecule has 0 heterocycles. The molecule has 0 aromatic rings. The van der Waals surface area contributed by atoms with Gasteiger partial charge in [-0.3, -0.25) is 33.9 Å². The number of hydrogen-bond acceptors (Lipinski definition) is 9. The van der Waals surface area contributed by atoms with Crippen LogP contribution in [0.3, 0.4) is 0 Å². The van der Waals surface area contributed by atoms with Crippen LogP contribution in [0.1, 0.15) is 12.8 Å². The van der Waals surface area contributed by atoms with Crippen LogP contribution < -0.4 is 11.1 Å². The number of carboxylic acid groups (broad SMARTS) is 3. The van der Waals surface area contributed by atoms with Gasteiger partial charge in [0.2, 0.25) is 0 Å². The van der Waals surface area contributed by atoms with Gasteiger partial charge in [0.1, 0.15) is 24.7 Å². The molecule has 198 valence electrons. The highest BCUT2D eigenvalue weighted by molar-refractivity contribution is 7.52. The zero-order valence-electron chi connectivity index (χ0n) is 17.7. The number of hydrogen-bond donors (Lipinski definition) is 11. The van der Waals surface area contributed by atoms with E-state index in [1.54, 1.807) is 0 Å². The Hall–Kier alpha value is -2.14. The molecule has 0 aliphatic carbocycles. The molecule has 34 heavy (non-hydrogen) atoms. The van der Waals surface area contributed by atoms with Crippen LogP contribution in [0.2, 0.25) is 0 Å². The molecule has 12 N–H and O–H groups in total. The van der Waals surface area contributed by atoms with Crippen molar-refractivity contribution in [3.63, 3.8) is 0 Å². The topological polar surface area (TPSA) is 316 Å². The van der Waals surface area contributed by atoms with Gasteiger partial charge in [-0.15, -0.1) is 0 Å². The van der Waals surface area contributed by atoms with Crippen molar-refractivity contribution in [1.29, 1.82) is 5.41 Å². The van der Waals surface area contributed by atoms with Crippen LogP contribution in [0.5, 0.6) is 0 Å². The second-order valence-electron chi connectivity index (χ2n) is 7.15. The third-order valence-electron chi connectivity index (χ3n) is 4.26. The molecule has 0 saturated heterocycles. The number of aliphatic hydroxyl groups is 1. The van der Waals surface area contributed by atoms with Crippen LogP contribution in [0, 0.1) is 5.41 Å². The van der Waals surface area contributed by atoms with Crippen molar-refractivity contribution in [2.24, 2.45) is 5.73 Å². The van der Waals surface area contributed by atoms with Crippen molar-refractivity contribution in [2.75, 3.05) is 32.2 Å². The molecular formula is C14H29N5O13P2. The summed E-state index contributed by atoms with van der Waals surface area (Å²) in [5, 5.41) is 47.6. The van der Waals surface area contributed by atoms with Crippen LogP contribution in [-0.2, 0) is 23.5 Å². The summed E-state index contributed by atoms with van der Waals surface area (Å²) in [5.74, 6) is -6.00. The van der Waals surface area contributed by atoms with Crippen molar-refractivity contribution in [1.82, 2.24) is 15.1 Å². The predicted molar refractivity (Wildman–Crippen MR) is 113 cm³/mol. The molecular weight excluding hydrogens is 508 g/mol. The Morgan fingerprint density at radius 2 is 1.41 bits per heavy atom. The number of carboxylic acids is 3. The molecule has 3 unspecified atom stereocenters. The first kappa shape index (κ1) is 31.9. The summed E-state index contributed by atoms with van der Waals surface area (Å²) in [6.07, 6.45) is -5.33. The van der Waals surface area contributed by atoms with Gasteiger partial charge < -0.3 is 51.1 Å². The molecule has 0 fully saturated rings. The Kier molecular flexibility index (Phi) is 12.8. The number of aliphatic carboxylic acids is 3. The van der Waals surface area contributed by atoms with Crippen LogP contribution in [0.25, 0.3) is 0 Å². The summed E-state index contributed by atoms with van der Waals surface area (Å²) in [4.78, 5) is 72.6. The van der Waals surface area contributed by atoms with Crippen molar-refractivity contribution < 1.29 is 63.5 Å². The van der Waals surface area contributed by atoms with E-state index in [9.17, 15) is 38.8 Å². The number of rotatable bonds is 17. The lowest BCUT2D eigenvalue weighted by Gasteiger charge is -2.36. The fourth-order valence-electron chi connectivity index (χ4n) is 3.00. The molecule has 0 saturated carbocycles. The lowest BCUT2D eigenvalue weighted by Crippen LogP contribution is -2.59. The minimum absolute atomic E-state index is 0.0166. The van der Waals surface area contributed by atoms with E-state index in [-0.39, 0.29) is 19.4 Å². The van der Waals surface area contributed by atoms with Crippen LogP contribution >= 0.6 is 15.2 Å². The molecule has 0 rings (SSSR count). The maximum Gasteiger partial charge on any atom is 0.339 e. The molecule has 20 heteroatoms. The van der Waals surface area contributed by atoms with Gasteiger partial charge in [-0.2, -0.15) is 0 Å². The van der Waals surface area contributed by atoms with E-state index < -0.39 is 82.9 Å². The van der Waals surface area contributed by atoms with E-state index in [1.165, 1.54) is 0 Å². The average molecular weight is 537 g/mol. The van der Waals surface area contributed by atoms with Crippen molar-refractivity contribution in [3.05, 3.63) is 0 Å². The summed E-state index contributed by atoms with van der Waals surface area (Å²) < 4.78 is 22.7. The zero-order chi connectivity index (χ0) is 26.9. The largest absolute Gasteiger partial charge is 0.480 e. The first-order chi connectivity index (χ1) is 15.4. The predicted octanol–water partition coefficient (Wildman–Crippen LogP) is -3.52. The normalized spacial score (nSPS) is 15.0. The number of nitrogens with one attached hydrogen (secondary N) is 2. The van der Waals surface area contributed by atoms with Crippen LogP contribution in [0.15, 0.2) is 0 Å². The smallest absolute Gasteiger partial charge is 0.339 e. The lowest BCUT2D eigenvalue weighted by molar-refractivity contribution is -0.166. The molecule has 0 bridgehead atoms. The van der Waals surface area contributed by atoms with E-state index in [0.29, 0.717) is 9.80 Å². The molecule has 0 aliphatic heterocycles. The highest BCUT2D eigenvalue weighted by atomic mass is 31.2. The van der Waals surface area contributed by atoms with Gasteiger partial charge in [0.05, 0.1) is 0 Å². The summed E-state index contributed by atoms with van der Waals surface area (Å²) in [6.45, 7) is -1.49. The fourth-order valence-corrected chi connectivity index (χ4v) is 4.68. The highest BCUT2D eigenvalue weighted by Gasteiger charge is 2.42. The summed E-state index contributed by atoms with van der Waals surface area (Å²) in [5.41, 5.74) is 5.11. The minimum Gasteiger partial charge on any atom is -0.480 e. The van der Waals surface area contributed by atoms with E-state index in [4.69, 9.17) is 35.8 Å². The van der Waals surface area contributed by atoms with E-state index in [0.717, 1.165) is 0 Å². The molecule has 18 nitrogen and oxygen atoms in total. The number of aliphatic hydroxyl groups excluding tert-OH is 1. The van der Waals surface area contributed by atoms with Gasteiger partial charge in [-0.25, -0.2) is 4.79 Å². The van der Waals surface area contributed by atoms with Gasteiger partial charge in [0.25, 0.3) is 0 Å². The lowest BCUT2D eigenvalue weighted by atomic mass is 10.0. The molecule has 0 radical (unpaired) electrons. The van der Waals surface area contributed by atoms with Gasteiger partial charge in [0.15, 0.2) is 12.1 Å². The van der Waals surface area contributed by atoms with Gasteiger partial charge >= 0.3 is 33.1 Å². The van der Waals surface area contributed by atoms with E-state index >= 15 is 0 Å². The third kappa shape index (κ3) is 12.9. The second-order valence-corrected chi connectivity index (χ2v) is 10.4. The van der Waals surface area contributed by atoms with Gasteiger partial charge in [-0.05, 0) is 12.8 Å². The van der Waals surface area contributed by atoms with Gasteiger partial charge in [-0.1, -0.05) is 0 Å². The standard InChI is InChI=1S/C14H29N5O13P2/c15-14(16)17-3-1-2-8(11(21)22)19(9(12(23)24)10(20)13(25)26)5-4-18(6-33(27,28)29)7-34(30,31)32/h8-10,20H,1-7H2,(H,21,22)(H,23,24)(H,25,26)(H4,15,16,17)(H2,27,28,29)(H2,30,31,32). The van der Waals surface area contributed by atoms with Gasteiger partial charge in [0, 0.05) is 19.6 Å². The molecule has 0 aliphatic rings. The summed E-state index contributed by atoms with van der Waals surface area (Å²) >= 11 is 0. The molecule has 3 atom stereocenters. The fraction of sp³-hybridized carbons (Fsp3) is 0.714. The van der Waals surface area contributed by atoms with Crippen molar-refractivity contribution >= 4 is 39.1 Å². The zero-order valence-corrected chi connectivity index (χ0v) is 19.5. The molecule has 0 aromatic heterocycles. The Morgan fingerprint density at radius 3 is 1.76 bits per heavy atom. The van der Waals surface area contributed by atoms with Crippen molar-refractivity contribution in [2.45, 2.75) is 31.0 Å². The summed E-state index contributed by atoms with van der Waals surface area (Å²) in [7, 11) is -9.74. The number of nitrogens with zero attached hydrogens (tertiary/aromatic N) is 2. The first-order valence-corrected chi connectivity index (χ1v) is 13.0. The van der Waals surface area contributed by atoms with Crippen LogP contribution in [0.4, 0.5) is 0 Å². The Labute approximate surface area is 192 Å². The first-order valence-electron chi connectivity index (χ1n) is 9.37. The summed E-state index contributed by atoms with van der Waals surface area (Å²) in [6, 6.07) is -4.10. The Balaban J connectivity index is 6.08.